The van der Waals surface area contributed by atoms with Gasteiger partial charge in [0.25, 0.3) is 0 Å². The molecule has 1 atom stereocenters. The van der Waals surface area contributed by atoms with E-state index >= 15 is 0 Å². The molecular formula is C50H101NO3. The standard InChI is InChI=1S/C50H101NO3/c1-13-16-18-20-22-24-26-28-30-32-34-36-38-45(39-37-35-33-31-29-27-25-23-21-19-17-14-2)51(11)46(52)48(6,7)44-47(4,5)40-41-50(10,15-3)54-43-42-49(8,9)53-12/h45H,13-44H2,1-12H3. The molecule has 0 aliphatic heterocycles. The lowest BCUT2D eigenvalue weighted by Crippen LogP contribution is -2.46. The highest BCUT2D eigenvalue weighted by molar-refractivity contribution is 5.82. The molecule has 0 heterocycles. The quantitative estimate of drug-likeness (QED) is 0.0585. The Hall–Kier alpha value is -0.610. The van der Waals surface area contributed by atoms with Gasteiger partial charge in [-0.15, -0.1) is 0 Å². The van der Waals surface area contributed by atoms with Gasteiger partial charge in [-0.1, -0.05) is 203 Å². The molecule has 0 rings (SSSR count). The van der Waals surface area contributed by atoms with Gasteiger partial charge in [0.05, 0.1) is 17.8 Å². The summed E-state index contributed by atoms with van der Waals surface area (Å²) in [6.07, 6.45) is 40.2. The molecule has 0 saturated carbocycles. The van der Waals surface area contributed by atoms with Crippen LogP contribution in [0, 0.1) is 10.8 Å². The summed E-state index contributed by atoms with van der Waals surface area (Å²) < 4.78 is 12.1. The molecule has 0 bridgehead atoms. The summed E-state index contributed by atoms with van der Waals surface area (Å²) in [5, 5.41) is 0. The van der Waals surface area contributed by atoms with Crippen molar-refractivity contribution in [3.8, 4) is 0 Å². The smallest absolute Gasteiger partial charge is 0.228 e. The molecule has 0 fully saturated rings. The summed E-state index contributed by atoms with van der Waals surface area (Å²) in [4.78, 5) is 16.5. The van der Waals surface area contributed by atoms with E-state index in [-0.39, 0.29) is 16.6 Å². The fourth-order valence-electron chi connectivity index (χ4n) is 8.58. The average molecular weight is 764 g/mol. The van der Waals surface area contributed by atoms with Crippen LogP contribution in [0.3, 0.4) is 0 Å². The number of amides is 1. The number of hydrogen-bond donors (Lipinski definition) is 0. The second kappa shape index (κ2) is 31.4. The summed E-state index contributed by atoms with van der Waals surface area (Å²) in [5.74, 6) is 0.342. The minimum atomic E-state index is -0.393. The molecule has 0 aliphatic rings. The number of carbonyl (C=O) groups excluding carboxylic acids is 1. The van der Waals surface area contributed by atoms with E-state index in [4.69, 9.17) is 9.47 Å². The largest absolute Gasteiger partial charge is 0.379 e. The zero-order chi connectivity index (χ0) is 40.8. The number of ether oxygens (including phenoxy) is 2. The second-order valence-electron chi connectivity index (χ2n) is 20.0. The monoisotopic (exact) mass is 764 g/mol. The number of unbranched alkanes of at least 4 members (excludes halogenated alkanes) is 22. The van der Waals surface area contributed by atoms with Crippen LogP contribution in [0.2, 0.25) is 0 Å². The van der Waals surface area contributed by atoms with Crippen molar-refractivity contribution in [1.82, 2.24) is 4.90 Å². The minimum absolute atomic E-state index is 0.0477. The van der Waals surface area contributed by atoms with Gasteiger partial charge in [0.15, 0.2) is 0 Å². The fourth-order valence-corrected chi connectivity index (χ4v) is 8.58. The fraction of sp³-hybridized carbons (Fsp3) is 0.980. The van der Waals surface area contributed by atoms with Crippen LogP contribution in [0.4, 0.5) is 0 Å². The molecular weight excluding hydrogens is 663 g/mol. The maximum absolute atomic E-state index is 14.3. The third kappa shape index (κ3) is 27.9. The van der Waals surface area contributed by atoms with Crippen molar-refractivity contribution in [1.29, 1.82) is 0 Å². The molecule has 4 heteroatoms. The van der Waals surface area contributed by atoms with Crippen molar-refractivity contribution >= 4 is 5.91 Å². The molecule has 0 aliphatic carbocycles. The Morgan fingerprint density at radius 3 is 1.26 bits per heavy atom. The molecule has 0 aromatic rings. The van der Waals surface area contributed by atoms with Gasteiger partial charge in [-0.05, 0) is 71.1 Å². The number of nitrogens with zero attached hydrogens (tertiary/aromatic N) is 1. The van der Waals surface area contributed by atoms with Crippen LogP contribution in [0.1, 0.15) is 268 Å². The SMILES string of the molecule is CCCCCCCCCCCCCCC(CCCCCCCCCCCCCC)N(C)C(=O)C(C)(C)CC(C)(C)CCC(C)(CC)OCCC(C)(C)OC. The van der Waals surface area contributed by atoms with Gasteiger partial charge < -0.3 is 14.4 Å². The molecule has 54 heavy (non-hydrogen) atoms. The van der Waals surface area contributed by atoms with E-state index in [1.807, 2.05) is 0 Å². The van der Waals surface area contributed by atoms with Gasteiger partial charge in [0, 0.05) is 25.6 Å². The zero-order valence-electron chi connectivity index (χ0n) is 39.4. The first-order valence-corrected chi connectivity index (χ1v) is 24.0. The first-order valence-electron chi connectivity index (χ1n) is 24.0. The van der Waals surface area contributed by atoms with Gasteiger partial charge in [-0.3, -0.25) is 4.79 Å². The van der Waals surface area contributed by atoms with Gasteiger partial charge >= 0.3 is 0 Å². The van der Waals surface area contributed by atoms with Crippen molar-refractivity contribution in [2.75, 3.05) is 20.8 Å². The van der Waals surface area contributed by atoms with E-state index in [0.717, 1.165) is 44.9 Å². The van der Waals surface area contributed by atoms with Crippen molar-refractivity contribution in [2.45, 2.75) is 286 Å². The molecule has 0 N–H and O–H groups in total. The van der Waals surface area contributed by atoms with Crippen LogP contribution in [0.15, 0.2) is 0 Å². The van der Waals surface area contributed by atoms with Crippen LogP contribution in [-0.2, 0) is 14.3 Å². The maximum atomic E-state index is 14.3. The number of hydrogen-bond acceptors (Lipinski definition) is 3. The normalized spacial score (nSPS) is 13.9. The highest BCUT2D eigenvalue weighted by atomic mass is 16.5. The summed E-state index contributed by atoms with van der Waals surface area (Å²) in [6.45, 7) is 23.2. The van der Waals surface area contributed by atoms with Crippen molar-refractivity contribution in [3.63, 3.8) is 0 Å². The van der Waals surface area contributed by atoms with Crippen LogP contribution < -0.4 is 0 Å². The predicted octanol–water partition coefficient (Wildman–Crippen LogP) is 16.2. The zero-order valence-corrected chi connectivity index (χ0v) is 39.4. The Morgan fingerprint density at radius 1 is 0.537 bits per heavy atom. The second-order valence-corrected chi connectivity index (χ2v) is 20.0. The van der Waals surface area contributed by atoms with Crippen molar-refractivity contribution in [2.24, 2.45) is 10.8 Å². The van der Waals surface area contributed by atoms with Crippen LogP contribution in [0.5, 0.6) is 0 Å². The van der Waals surface area contributed by atoms with E-state index in [1.165, 1.54) is 154 Å². The topological polar surface area (TPSA) is 38.8 Å². The van der Waals surface area contributed by atoms with Crippen molar-refractivity contribution < 1.29 is 14.3 Å². The lowest BCUT2D eigenvalue weighted by molar-refractivity contribution is -0.143. The molecule has 324 valence electrons. The van der Waals surface area contributed by atoms with Gasteiger partial charge in [0.1, 0.15) is 0 Å². The Morgan fingerprint density at radius 2 is 0.907 bits per heavy atom. The molecule has 0 aromatic heterocycles. The molecule has 0 spiro atoms. The molecule has 4 nitrogen and oxygen atoms in total. The number of methoxy groups -OCH3 is 1. The highest BCUT2D eigenvalue weighted by Crippen LogP contribution is 2.41. The first kappa shape index (κ1) is 53.4. The van der Waals surface area contributed by atoms with Gasteiger partial charge in [0.2, 0.25) is 5.91 Å². The van der Waals surface area contributed by atoms with Crippen molar-refractivity contribution in [3.05, 3.63) is 0 Å². The molecule has 0 radical (unpaired) electrons. The van der Waals surface area contributed by atoms with Crippen LogP contribution >= 0.6 is 0 Å². The minimum Gasteiger partial charge on any atom is -0.379 e. The summed E-state index contributed by atoms with van der Waals surface area (Å²) in [6, 6.07) is 0.360. The molecule has 0 aromatic carbocycles. The van der Waals surface area contributed by atoms with Gasteiger partial charge in [-0.2, -0.15) is 0 Å². The third-order valence-corrected chi connectivity index (χ3v) is 12.9. The number of carbonyl (C=O) groups is 1. The summed E-state index contributed by atoms with van der Waals surface area (Å²) in [7, 11) is 3.91. The molecule has 1 unspecified atom stereocenters. The van der Waals surface area contributed by atoms with Gasteiger partial charge in [-0.25, -0.2) is 0 Å². The Kier molecular flexibility index (Phi) is 31.0. The lowest BCUT2D eigenvalue weighted by Gasteiger charge is -2.40. The first-order chi connectivity index (χ1) is 25.6. The van der Waals surface area contributed by atoms with Crippen LogP contribution in [0.25, 0.3) is 0 Å². The van der Waals surface area contributed by atoms with E-state index in [2.05, 4.69) is 81.2 Å². The Balaban J connectivity index is 5.07. The third-order valence-electron chi connectivity index (χ3n) is 12.9. The maximum Gasteiger partial charge on any atom is 0.228 e. The number of rotatable bonds is 39. The average Bonchev–Trinajstić information content (AvgIpc) is 3.13. The summed E-state index contributed by atoms with van der Waals surface area (Å²) in [5.41, 5.74) is -0.663. The molecule has 1 amide bonds. The lowest BCUT2D eigenvalue weighted by atomic mass is 9.70. The van der Waals surface area contributed by atoms with E-state index in [0.29, 0.717) is 18.6 Å². The van der Waals surface area contributed by atoms with E-state index < -0.39 is 5.41 Å². The Bertz CT molecular complexity index is 838. The predicted molar refractivity (Wildman–Crippen MR) is 240 cm³/mol. The van der Waals surface area contributed by atoms with E-state index in [1.54, 1.807) is 7.11 Å². The van der Waals surface area contributed by atoms with Crippen LogP contribution in [-0.4, -0.2) is 48.8 Å². The summed E-state index contributed by atoms with van der Waals surface area (Å²) >= 11 is 0. The molecule has 0 saturated heterocycles. The van der Waals surface area contributed by atoms with E-state index in [9.17, 15) is 4.79 Å². The Labute approximate surface area is 341 Å². The highest BCUT2D eigenvalue weighted by Gasteiger charge is 2.39.